The number of pyridine rings is 1. The van der Waals surface area contributed by atoms with Gasteiger partial charge in [0.2, 0.25) is 0 Å². The quantitative estimate of drug-likeness (QED) is 0.364. The Kier molecular flexibility index (Phi) is 8.35. The lowest BCUT2D eigenvalue weighted by atomic mass is 10.1. The third-order valence-electron chi connectivity index (χ3n) is 4.43. The zero-order valence-electron chi connectivity index (χ0n) is 16.9. The van der Waals surface area contributed by atoms with Gasteiger partial charge in [0.05, 0.1) is 18.8 Å². The summed E-state index contributed by atoms with van der Waals surface area (Å²) in [6.45, 7) is 7.92. The topological polar surface area (TPSA) is 67.8 Å². The first kappa shape index (κ1) is 22.3. The molecule has 0 amide bonds. The highest BCUT2D eigenvalue weighted by molar-refractivity contribution is 14.0. The molecule has 7 heteroatoms. The summed E-state index contributed by atoms with van der Waals surface area (Å²) in [5.74, 6) is 2.57. The number of nitrogens with one attached hydrogen (secondary N) is 2. The van der Waals surface area contributed by atoms with Gasteiger partial charge in [-0.2, -0.15) is 0 Å². The summed E-state index contributed by atoms with van der Waals surface area (Å²) in [5, 5.41) is 6.65. The van der Waals surface area contributed by atoms with Crippen LogP contribution in [-0.4, -0.2) is 30.7 Å². The highest BCUT2D eigenvalue weighted by Gasteiger charge is 2.21. The molecule has 1 unspecified atom stereocenters. The molecule has 1 aliphatic heterocycles. The van der Waals surface area contributed by atoms with Crippen molar-refractivity contribution >= 4 is 29.9 Å². The number of ether oxygens (including phenoxy) is 2. The van der Waals surface area contributed by atoms with Crippen LogP contribution in [-0.2, 0) is 19.5 Å². The zero-order chi connectivity index (χ0) is 19.2. The maximum atomic E-state index is 5.89. The Bertz CT molecular complexity index is 826. The van der Waals surface area contributed by atoms with Crippen molar-refractivity contribution in [3.63, 3.8) is 0 Å². The van der Waals surface area contributed by atoms with E-state index in [-0.39, 0.29) is 30.1 Å². The first-order valence-electron chi connectivity index (χ1n) is 9.41. The van der Waals surface area contributed by atoms with Crippen LogP contribution in [0.25, 0.3) is 0 Å². The molecule has 28 heavy (non-hydrogen) atoms. The van der Waals surface area contributed by atoms with Gasteiger partial charge in [-0.3, -0.25) is 9.98 Å². The van der Waals surface area contributed by atoms with Gasteiger partial charge >= 0.3 is 0 Å². The molecule has 6 nitrogen and oxygen atoms in total. The van der Waals surface area contributed by atoms with Crippen molar-refractivity contribution in [3.8, 4) is 11.5 Å². The third-order valence-corrected chi connectivity index (χ3v) is 4.43. The normalized spacial score (nSPS) is 15.3. The average molecular weight is 496 g/mol. The van der Waals surface area contributed by atoms with Gasteiger partial charge in [0, 0.05) is 36.8 Å². The van der Waals surface area contributed by atoms with Gasteiger partial charge in [-0.15, -0.1) is 24.0 Å². The molecule has 2 N–H and O–H groups in total. The van der Waals surface area contributed by atoms with Crippen molar-refractivity contribution in [1.29, 1.82) is 0 Å². The Morgan fingerprint density at radius 1 is 1.29 bits per heavy atom. The van der Waals surface area contributed by atoms with E-state index >= 15 is 0 Å². The fourth-order valence-electron chi connectivity index (χ4n) is 3.18. The van der Waals surface area contributed by atoms with E-state index in [9.17, 15) is 0 Å². The number of hydrogen-bond acceptors (Lipinski definition) is 4. The molecule has 0 fully saturated rings. The number of halogens is 1. The second kappa shape index (κ2) is 10.5. The summed E-state index contributed by atoms with van der Waals surface area (Å²) in [6, 6.07) is 10.2. The van der Waals surface area contributed by atoms with Crippen LogP contribution in [0.5, 0.6) is 11.5 Å². The molecule has 2 heterocycles. The van der Waals surface area contributed by atoms with E-state index in [4.69, 9.17) is 9.47 Å². The first-order chi connectivity index (χ1) is 13.1. The van der Waals surface area contributed by atoms with Crippen LogP contribution in [0.3, 0.4) is 0 Å². The lowest BCUT2D eigenvalue weighted by Crippen LogP contribution is -2.36. The minimum absolute atomic E-state index is 0. The van der Waals surface area contributed by atoms with E-state index in [0.717, 1.165) is 40.8 Å². The molecule has 1 atom stereocenters. The Morgan fingerprint density at radius 3 is 2.79 bits per heavy atom. The molecular formula is C21H29IN4O2. The second-order valence-corrected chi connectivity index (χ2v) is 6.68. The number of guanidine groups is 1. The number of aryl methyl sites for hydroxylation is 1. The van der Waals surface area contributed by atoms with Crippen molar-refractivity contribution in [2.45, 2.75) is 46.4 Å². The van der Waals surface area contributed by atoms with Crippen LogP contribution in [0.15, 0.2) is 35.3 Å². The predicted octanol–water partition coefficient (Wildman–Crippen LogP) is 3.60. The summed E-state index contributed by atoms with van der Waals surface area (Å²) < 4.78 is 11.7. The Hall–Kier alpha value is -2.03. The Labute approximate surface area is 184 Å². The molecule has 1 aliphatic rings. The van der Waals surface area contributed by atoms with Crippen LogP contribution < -0.4 is 20.1 Å². The Morgan fingerprint density at radius 2 is 2.07 bits per heavy atom. The zero-order valence-corrected chi connectivity index (χ0v) is 19.2. The van der Waals surface area contributed by atoms with E-state index < -0.39 is 0 Å². The van der Waals surface area contributed by atoms with Gasteiger partial charge in [-0.05, 0) is 45.0 Å². The number of fused-ring (bicyclic) bond motifs is 1. The van der Waals surface area contributed by atoms with Crippen molar-refractivity contribution < 1.29 is 9.47 Å². The van der Waals surface area contributed by atoms with Gasteiger partial charge in [-0.25, -0.2) is 0 Å². The number of hydrogen-bond donors (Lipinski definition) is 2. The molecule has 0 aliphatic carbocycles. The summed E-state index contributed by atoms with van der Waals surface area (Å²) in [6.07, 6.45) is 1.14. The van der Waals surface area contributed by atoms with Crippen molar-refractivity contribution in [2.24, 2.45) is 4.99 Å². The maximum absolute atomic E-state index is 5.89. The van der Waals surface area contributed by atoms with Crippen molar-refractivity contribution in [3.05, 3.63) is 52.8 Å². The van der Waals surface area contributed by atoms with E-state index in [1.807, 2.05) is 32.0 Å². The van der Waals surface area contributed by atoms with E-state index in [1.165, 1.54) is 5.56 Å². The highest BCUT2D eigenvalue weighted by Crippen LogP contribution is 2.35. The summed E-state index contributed by atoms with van der Waals surface area (Å²) >= 11 is 0. The monoisotopic (exact) mass is 496 g/mol. The van der Waals surface area contributed by atoms with Crippen LogP contribution in [0.2, 0.25) is 0 Å². The molecule has 0 spiro atoms. The molecule has 0 radical (unpaired) electrons. The van der Waals surface area contributed by atoms with Gasteiger partial charge in [0.15, 0.2) is 5.96 Å². The van der Waals surface area contributed by atoms with Crippen molar-refractivity contribution in [1.82, 2.24) is 15.6 Å². The van der Waals surface area contributed by atoms with Crippen LogP contribution in [0, 0.1) is 6.92 Å². The molecule has 0 saturated heterocycles. The molecular weight excluding hydrogens is 467 g/mol. The molecule has 152 valence electrons. The van der Waals surface area contributed by atoms with Crippen LogP contribution >= 0.6 is 24.0 Å². The van der Waals surface area contributed by atoms with Crippen molar-refractivity contribution in [2.75, 3.05) is 13.7 Å². The average Bonchev–Trinajstić information content (AvgIpc) is 3.01. The standard InChI is InChI=1S/C21H28N4O2.HI/c1-5-26-19-10-16-9-15(3)27-20(16)11-17(19)12-23-21(22-4)24-13-18-8-6-7-14(2)25-18;/h6-8,10-11,15H,5,9,12-13H2,1-4H3,(H2,22,23,24);1H. The second-order valence-electron chi connectivity index (χ2n) is 6.68. The van der Waals surface area contributed by atoms with E-state index in [1.54, 1.807) is 7.05 Å². The van der Waals surface area contributed by atoms with Gasteiger partial charge in [0.25, 0.3) is 0 Å². The summed E-state index contributed by atoms with van der Waals surface area (Å²) in [5.41, 5.74) is 4.25. The van der Waals surface area contributed by atoms with Gasteiger partial charge in [-0.1, -0.05) is 6.07 Å². The lowest BCUT2D eigenvalue weighted by Gasteiger charge is -2.15. The first-order valence-corrected chi connectivity index (χ1v) is 9.41. The molecule has 3 rings (SSSR count). The Balaban J connectivity index is 0.00000280. The largest absolute Gasteiger partial charge is 0.494 e. The number of rotatable bonds is 6. The third kappa shape index (κ3) is 5.73. The number of aliphatic imine (C=N–C) groups is 1. The number of benzene rings is 1. The summed E-state index contributed by atoms with van der Waals surface area (Å²) in [4.78, 5) is 8.80. The molecule has 2 aromatic rings. The fraction of sp³-hybridized carbons (Fsp3) is 0.429. The van der Waals surface area contributed by atoms with Gasteiger partial charge in [0.1, 0.15) is 17.6 Å². The van der Waals surface area contributed by atoms with E-state index in [2.05, 4.69) is 39.7 Å². The lowest BCUT2D eigenvalue weighted by molar-refractivity contribution is 0.254. The molecule has 1 aromatic carbocycles. The highest BCUT2D eigenvalue weighted by atomic mass is 127. The predicted molar refractivity (Wildman–Crippen MR) is 123 cm³/mol. The molecule has 0 bridgehead atoms. The number of nitrogens with zero attached hydrogens (tertiary/aromatic N) is 2. The van der Waals surface area contributed by atoms with Gasteiger partial charge < -0.3 is 20.1 Å². The van der Waals surface area contributed by atoms with Crippen LogP contribution in [0.1, 0.15) is 36.4 Å². The minimum atomic E-state index is 0. The molecule has 1 aromatic heterocycles. The van der Waals surface area contributed by atoms with E-state index in [0.29, 0.717) is 19.7 Å². The fourth-order valence-corrected chi connectivity index (χ4v) is 3.18. The summed E-state index contributed by atoms with van der Waals surface area (Å²) in [7, 11) is 1.76. The SMILES string of the molecule is CCOc1cc2c(cc1CNC(=NC)NCc1cccc(C)n1)OC(C)C2.I. The van der Waals surface area contributed by atoms with Crippen LogP contribution in [0.4, 0.5) is 0 Å². The minimum Gasteiger partial charge on any atom is -0.494 e. The smallest absolute Gasteiger partial charge is 0.191 e. The number of aromatic nitrogens is 1. The maximum Gasteiger partial charge on any atom is 0.191 e. The molecule has 0 saturated carbocycles.